The zero-order valence-electron chi connectivity index (χ0n) is 15.4. The molecule has 0 spiro atoms. The van der Waals surface area contributed by atoms with Crippen LogP contribution in [-0.2, 0) is 27.2 Å². The number of aromatic nitrogens is 2. The van der Waals surface area contributed by atoms with Crippen LogP contribution in [0.1, 0.15) is 50.1 Å². The average molecular weight is 376 g/mol. The van der Waals surface area contributed by atoms with E-state index >= 15 is 0 Å². The summed E-state index contributed by atoms with van der Waals surface area (Å²) < 4.78 is 34.0. The van der Waals surface area contributed by atoms with Gasteiger partial charge < -0.3 is 14.0 Å². The fourth-order valence-electron chi connectivity index (χ4n) is 3.03. The number of thiophene rings is 1. The molecule has 0 amide bonds. The lowest BCUT2D eigenvalue weighted by atomic mass is 9.87. The third-order valence-corrected chi connectivity index (χ3v) is 6.24. The van der Waals surface area contributed by atoms with E-state index in [4.69, 9.17) is 14.0 Å². The number of ether oxygens (including phenoxy) is 1. The number of rotatable bonds is 3. The Morgan fingerprint density at radius 2 is 2.08 bits per heavy atom. The first-order valence-corrected chi connectivity index (χ1v) is 9.58. The standard InChI is InChI=1S/C18H22BFN2O3S/c1-17(2)18(3,4)25-19(24-17)16(20)9-12-8-13-11-23-14(10-22(13)21-12)15-6-5-7-26-15/h5-9,14H,10-11H2,1-4H3. The highest BCUT2D eigenvalue weighted by Gasteiger charge is 2.53. The second-order valence-electron chi connectivity index (χ2n) is 7.68. The summed E-state index contributed by atoms with van der Waals surface area (Å²) in [4.78, 5) is 1.17. The third-order valence-electron chi connectivity index (χ3n) is 5.28. The number of halogens is 1. The summed E-state index contributed by atoms with van der Waals surface area (Å²) in [6.07, 6.45) is 1.38. The van der Waals surface area contributed by atoms with Crippen molar-refractivity contribution in [3.63, 3.8) is 0 Å². The summed E-state index contributed by atoms with van der Waals surface area (Å²) in [5.74, 6) is 0. The van der Waals surface area contributed by atoms with E-state index in [-0.39, 0.29) is 6.10 Å². The monoisotopic (exact) mass is 376 g/mol. The van der Waals surface area contributed by atoms with Crippen molar-refractivity contribution in [2.24, 2.45) is 0 Å². The number of nitrogens with zero attached hydrogens (tertiary/aromatic N) is 2. The Morgan fingerprint density at radius 1 is 1.35 bits per heavy atom. The highest BCUT2D eigenvalue weighted by Crippen LogP contribution is 2.39. The van der Waals surface area contributed by atoms with Gasteiger partial charge in [-0.05, 0) is 51.3 Å². The second kappa shape index (κ2) is 6.30. The van der Waals surface area contributed by atoms with Crippen molar-refractivity contribution in [2.45, 2.75) is 58.2 Å². The SMILES string of the molecule is CC1(C)OB(C(F)=Cc2cc3n(n2)CC(c2cccs2)OC3)OC1(C)C. The Balaban J connectivity index is 1.51. The molecule has 26 heavy (non-hydrogen) atoms. The average Bonchev–Trinajstić information content (AvgIpc) is 3.25. The Morgan fingerprint density at radius 3 is 2.73 bits per heavy atom. The molecule has 2 aliphatic heterocycles. The lowest BCUT2D eigenvalue weighted by Gasteiger charge is -2.32. The summed E-state index contributed by atoms with van der Waals surface area (Å²) in [6.45, 7) is 8.69. The molecule has 1 atom stereocenters. The van der Waals surface area contributed by atoms with Crippen LogP contribution >= 0.6 is 11.3 Å². The molecular weight excluding hydrogens is 354 g/mol. The minimum atomic E-state index is -1.01. The van der Waals surface area contributed by atoms with Crippen LogP contribution in [-0.4, -0.2) is 28.1 Å². The summed E-state index contributed by atoms with van der Waals surface area (Å²) in [7, 11) is -1.01. The van der Waals surface area contributed by atoms with Crippen molar-refractivity contribution in [3.05, 3.63) is 45.6 Å². The molecule has 2 aromatic heterocycles. The Bertz CT molecular complexity index is 816. The van der Waals surface area contributed by atoms with Gasteiger partial charge in [-0.3, -0.25) is 4.68 Å². The van der Waals surface area contributed by atoms with Crippen LogP contribution in [0.5, 0.6) is 0 Å². The van der Waals surface area contributed by atoms with Crippen LogP contribution in [0.25, 0.3) is 6.08 Å². The van der Waals surface area contributed by atoms with Gasteiger partial charge in [0.05, 0.1) is 35.7 Å². The minimum absolute atomic E-state index is 0.00725. The minimum Gasteiger partial charge on any atom is -0.398 e. The van der Waals surface area contributed by atoms with E-state index in [9.17, 15) is 4.39 Å². The smallest absolute Gasteiger partial charge is 0.398 e. The Labute approximate surface area is 156 Å². The largest absolute Gasteiger partial charge is 0.525 e. The first-order valence-electron chi connectivity index (χ1n) is 8.70. The molecule has 1 saturated heterocycles. The molecule has 5 nitrogen and oxygen atoms in total. The van der Waals surface area contributed by atoms with Crippen LogP contribution in [0.4, 0.5) is 4.39 Å². The molecule has 0 N–H and O–H groups in total. The van der Waals surface area contributed by atoms with Gasteiger partial charge in [-0.15, -0.1) is 11.3 Å². The first kappa shape index (κ1) is 17.9. The van der Waals surface area contributed by atoms with E-state index in [1.807, 2.05) is 49.9 Å². The summed E-state index contributed by atoms with van der Waals surface area (Å²) in [5.41, 5.74) is -0.140. The maximum atomic E-state index is 14.7. The molecule has 0 saturated carbocycles. The molecular formula is C18H22BFN2O3S. The van der Waals surface area contributed by atoms with Crippen molar-refractivity contribution in [1.29, 1.82) is 0 Å². The lowest BCUT2D eigenvalue weighted by molar-refractivity contribution is 0.00103. The van der Waals surface area contributed by atoms with E-state index in [1.165, 1.54) is 11.0 Å². The van der Waals surface area contributed by atoms with E-state index < -0.39 is 24.0 Å². The van der Waals surface area contributed by atoms with Gasteiger partial charge in [0, 0.05) is 4.88 Å². The highest BCUT2D eigenvalue weighted by molar-refractivity contribution is 7.10. The maximum Gasteiger partial charge on any atom is 0.525 e. The fourth-order valence-corrected chi connectivity index (χ4v) is 3.80. The topological polar surface area (TPSA) is 45.5 Å². The predicted molar refractivity (Wildman–Crippen MR) is 99.2 cm³/mol. The molecule has 4 heterocycles. The summed E-state index contributed by atoms with van der Waals surface area (Å²) >= 11 is 1.67. The van der Waals surface area contributed by atoms with E-state index in [1.54, 1.807) is 11.3 Å². The van der Waals surface area contributed by atoms with Crippen LogP contribution in [0, 0.1) is 0 Å². The molecule has 0 bridgehead atoms. The van der Waals surface area contributed by atoms with E-state index in [0.29, 0.717) is 18.8 Å². The molecule has 0 aliphatic carbocycles. The summed E-state index contributed by atoms with van der Waals surface area (Å²) in [5, 5.41) is 6.54. The van der Waals surface area contributed by atoms with Crippen LogP contribution in [0.2, 0.25) is 0 Å². The predicted octanol–water partition coefficient (Wildman–Crippen LogP) is 4.16. The number of fused-ring (bicyclic) bond motifs is 1. The molecule has 138 valence electrons. The van der Waals surface area contributed by atoms with E-state index in [0.717, 1.165) is 5.69 Å². The molecule has 0 radical (unpaired) electrons. The normalized spacial score (nSPS) is 24.7. The van der Waals surface area contributed by atoms with Gasteiger partial charge in [-0.2, -0.15) is 5.10 Å². The zero-order valence-corrected chi connectivity index (χ0v) is 16.2. The second-order valence-corrected chi connectivity index (χ2v) is 8.65. The van der Waals surface area contributed by atoms with Crippen LogP contribution in [0.3, 0.4) is 0 Å². The van der Waals surface area contributed by atoms with Gasteiger partial charge in [0.2, 0.25) is 0 Å². The molecule has 1 unspecified atom stereocenters. The fraction of sp³-hybridized carbons (Fsp3) is 0.500. The van der Waals surface area contributed by atoms with Gasteiger partial charge in [-0.1, -0.05) is 6.07 Å². The van der Waals surface area contributed by atoms with Gasteiger partial charge in [0.15, 0.2) is 0 Å². The lowest BCUT2D eigenvalue weighted by Crippen LogP contribution is -2.41. The molecule has 8 heteroatoms. The highest BCUT2D eigenvalue weighted by atomic mass is 32.1. The zero-order chi connectivity index (χ0) is 18.5. The molecule has 1 fully saturated rings. The quantitative estimate of drug-likeness (QED) is 0.755. The van der Waals surface area contributed by atoms with Crippen LogP contribution in [0.15, 0.2) is 29.3 Å². The molecule has 2 aliphatic rings. The van der Waals surface area contributed by atoms with Gasteiger partial charge in [0.1, 0.15) is 11.8 Å². The molecule has 0 aromatic carbocycles. The van der Waals surface area contributed by atoms with Crippen LogP contribution < -0.4 is 0 Å². The molecule has 2 aromatic rings. The Kier molecular flexibility index (Phi) is 4.34. The van der Waals surface area contributed by atoms with Crippen molar-refractivity contribution in [3.8, 4) is 0 Å². The number of hydrogen-bond donors (Lipinski definition) is 0. The first-order chi connectivity index (χ1) is 12.2. The Hall–Kier alpha value is -1.48. The van der Waals surface area contributed by atoms with E-state index in [2.05, 4.69) is 11.2 Å². The maximum absolute atomic E-state index is 14.7. The molecule has 4 rings (SSSR count). The van der Waals surface area contributed by atoms with Crippen molar-refractivity contribution < 1.29 is 18.4 Å². The van der Waals surface area contributed by atoms with Gasteiger partial charge in [0.25, 0.3) is 0 Å². The third kappa shape index (κ3) is 3.15. The van der Waals surface area contributed by atoms with Crippen molar-refractivity contribution in [1.82, 2.24) is 9.78 Å². The number of hydrogen-bond acceptors (Lipinski definition) is 5. The van der Waals surface area contributed by atoms with Crippen molar-refractivity contribution >= 4 is 24.5 Å². The van der Waals surface area contributed by atoms with Crippen molar-refractivity contribution in [2.75, 3.05) is 0 Å². The van der Waals surface area contributed by atoms with Gasteiger partial charge in [-0.25, -0.2) is 4.39 Å². The van der Waals surface area contributed by atoms with Gasteiger partial charge >= 0.3 is 7.12 Å². The summed E-state index contributed by atoms with van der Waals surface area (Å²) in [6, 6.07) is 5.91.